The minimum absolute atomic E-state index is 0.0314. The summed E-state index contributed by atoms with van der Waals surface area (Å²) in [6.07, 6.45) is 1.48. The van der Waals surface area contributed by atoms with Crippen LogP contribution < -0.4 is 9.64 Å². The number of urea groups is 1. The lowest BCUT2D eigenvalue weighted by atomic mass is 9.87. The summed E-state index contributed by atoms with van der Waals surface area (Å²) in [7, 11) is 5.64. The molecule has 7 rings (SSSR count). The van der Waals surface area contributed by atoms with Crippen molar-refractivity contribution >= 4 is 28.4 Å². The number of carbonyl (C=O) groups excluding carboxylic acids is 2. The molecule has 3 aromatic carbocycles. The van der Waals surface area contributed by atoms with Crippen LogP contribution in [0.1, 0.15) is 23.6 Å². The number of nitrogens with zero attached hydrogens (tertiary/aromatic N) is 5. The molecule has 0 aliphatic carbocycles. The van der Waals surface area contributed by atoms with Crippen LogP contribution in [0.25, 0.3) is 10.8 Å². The first-order valence-corrected chi connectivity index (χ1v) is 16.0. The fraction of sp³-hybridized carbons (Fsp3) is 0.486. The summed E-state index contributed by atoms with van der Waals surface area (Å²) in [5.74, 6) is 0.560. The van der Waals surface area contributed by atoms with Gasteiger partial charge in [0.1, 0.15) is 5.54 Å². The van der Waals surface area contributed by atoms with E-state index in [9.17, 15) is 14.7 Å². The maximum absolute atomic E-state index is 14.5. The van der Waals surface area contributed by atoms with Crippen molar-refractivity contribution in [3.05, 3.63) is 65.7 Å². The molecule has 238 valence electrons. The molecule has 45 heavy (non-hydrogen) atoms. The van der Waals surface area contributed by atoms with E-state index in [2.05, 4.69) is 51.1 Å². The molecule has 10 nitrogen and oxygen atoms in total. The van der Waals surface area contributed by atoms with E-state index in [1.165, 1.54) is 4.90 Å². The Morgan fingerprint density at radius 2 is 1.76 bits per heavy atom. The summed E-state index contributed by atoms with van der Waals surface area (Å²) in [5, 5.41) is 12.6. The molecule has 0 bridgehead atoms. The standard InChI is InChI=1S/C35H43N5O5/c1-36(2)29-10-9-28(26-6-4-5-7-27(26)29)30-21-25-22-38(13-12-24-8-11-32(44-3)31(41)20-24)23-35(25)33(42)39(34(43)40(30)35)15-14-37-16-18-45-19-17-37/h4-11,20,25,30,41H,12-19,21-23H2,1-3H3. The lowest BCUT2D eigenvalue weighted by Crippen LogP contribution is -2.52. The Morgan fingerprint density at radius 1 is 0.978 bits per heavy atom. The molecule has 1 spiro atoms. The first-order chi connectivity index (χ1) is 21.8. The number of phenols is 1. The van der Waals surface area contributed by atoms with Crippen LogP contribution in [0.5, 0.6) is 11.5 Å². The monoisotopic (exact) mass is 613 g/mol. The zero-order valence-corrected chi connectivity index (χ0v) is 26.4. The average Bonchev–Trinajstić information content (AvgIpc) is 3.63. The van der Waals surface area contributed by atoms with Gasteiger partial charge >= 0.3 is 6.03 Å². The van der Waals surface area contributed by atoms with E-state index in [1.54, 1.807) is 19.2 Å². The highest BCUT2D eigenvalue weighted by Gasteiger charge is 2.70. The lowest BCUT2D eigenvalue weighted by Gasteiger charge is -2.32. The number of carbonyl (C=O) groups is 2. The third-order valence-corrected chi connectivity index (χ3v) is 10.4. The molecule has 3 atom stereocenters. The number of imide groups is 1. The molecule has 4 aliphatic rings. The van der Waals surface area contributed by atoms with Crippen molar-refractivity contribution in [3.63, 3.8) is 0 Å². The van der Waals surface area contributed by atoms with Gasteiger partial charge in [-0.25, -0.2) is 4.79 Å². The van der Waals surface area contributed by atoms with Crippen LogP contribution in [-0.2, 0) is 16.0 Å². The number of hydrogen-bond acceptors (Lipinski definition) is 8. The average molecular weight is 614 g/mol. The fourth-order valence-electron chi connectivity index (χ4n) is 8.16. The molecule has 0 saturated carbocycles. The minimum atomic E-state index is -0.879. The number of benzene rings is 3. The smallest absolute Gasteiger partial charge is 0.328 e. The molecule has 0 radical (unpaired) electrons. The Balaban J connectivity index is 1.20. The predicted molar refractivity (Wildman–Crippen MR) is 173 cm³/mol. The van der Waals surface area contributed by atoms with Gasteiger partial charge in [0.05, 0.1) is 26.4 Å². The summed E-state index contributed by atoms with van der Waals surface area (Å²) in [6.45, 7) is 6.04. The molecule has 0 aromatic heterocycles. The highest BCUT2D eigenvalue weighted by Crippen LogP contribution is 2.55. The Kier molecular flexibility index (Phi) is 7.83. The number of rotatable bonds is 9. The summed E-state index contributed by atoms with van der Waals surface area (Å²) in [5.41, 5.74) is 2.37. The normalized spacial score (nSPS) is 25.3. The number of morpholine rings is 1. The topological polar surface area (TPSA) is 89.0 Å². The van der Waals surface area contributed by atoms with E-state index in [-0.39, 0.29) is 29.6 Å². The summed E-state index contributed by atoms with van der Waals surface area (Å²) in [4.78, 5) is 39.2. The Labute approximate surface area is 264 Å². The number of hydrogen-bond donors (Lipinski definition) is 1. The van der Waals surface area contributed by atoms with Gasteiger partial charge < -0.3 is 24.4 Å². The summed E-state index contributed by atoms with van der Waals surface area (Å²) < 4.78 is 10.7. The quantitative estimate of drug-likeness (QED) is 0.367. The van der Waals surface area contributed by atoms with Crippen LogP contribution in [0.4, 0.5) is 10.5 Å². The van der Waals surface area contributed by atoms with Crippen molar-refractivity contribution in [2.45, 2.75) is 24.4 Å². The number of methoxy groups -OCH3 is 1. The Hall–Kier alpha value is -3.86. The van der Waals surface area contributed by atoms with Crippen LogP contribution >= 0.6 is 0 Å². The van der Waals surface area contributed by atoms with Gasteiger partial charge in [-0.1, -0.05) is 36.4 Å². The van der Waals surface area contributed by atoms with Crippen molar-refractivity contribution in [2.75, 3.05) is 85.1 Å². The van der Waals surface area contributed by atoms with Crippen LogP contribution in [-0.4, -0.2) is 122 Å². The van der Waals surface area contributed by atoms with E-state index in [0.29, 0.717) is 38.6 Å². The molecule has 1 N–H and O–H groups in total. The van der Waals surface area contributed by atoms with Gasteiger partial charge in [0.25, 0.3) is 5.91 Å². The van der Waals surface area contributed by atoms with Gasteiger partial charge in [-0.15, -0.1) is 0 Å². The van der Waals surface area contributed by atoms with Gasteiger partial charge in [0.2, 0.25) is 0 Å². The van der Waals surface area contributed by atoms with E-state index in [1.807, 2.05) is 25.1 Å². The molecule has 3 amide bonds. The van der Waals surface area contributed by atoms with Crippen molar-refractivity contribution in [1.29, 1.82) is 0 Å². The molecule has 4 saturated heterocycles. The number of aromatic hydroxyl groups is 1. The number of ether oxygens (including phenoxy) is 2. The van der Waals surface area contributed by atoms with Gasteiger partial charge in [-0.05, 0) is 47.6 Å². The Morgan fingerprint density at radius 3 is 2.49 bits per heavy atom. The summed E-state index contributed by atoms with van der Waals surface area (Å²) >= 11 is 0. The van der Waals surface area contributed by atoms with E-state index < -0.39 is 5.54 Å². The fourth-order valence-corrected chi connectivity index (χ4v) is 8.16. The first-order valence-electron chi connectivity index (χ1n) is 16.0. The van der Waals surface area contributed by atoms with Gasteiger partial charge in [0, 0.05) is 76.9 Å². The number of likely N-dealkylation sites (tertiary alicyclic amines) is 1. The van der Waals surface area contributed by atoms with Crippen molar-refractivity contribution < 1.29 is 24.2 Å². The zero-order chi connectivity index (χ0) is 31.3. The zero-order valence-electron chi connectivity index (χ0n) is 26.4. The molecular weight excluding hydrogens is 570 g/mol. The maximum atomic E-state index is 14.5. The Bertz CT molecular complexity index is 1610. The molecule has 4 aliphatic heterocycles. The highest BCUT2D eigenvalue weighted by molar-refractivity contribution is 6.09. The number of phenolic OH excluding ortho intramolecular Hbond substituents is 1. The van der Waals surface area contributed by atoms with Gasteiger partial charge in [-0.2, -0.15) is 0 Å². The van der Waals surface area contributed by atoms with E-state index >= 15 is 0 Å². The second-order valence-corrected chi connectivity index (χ2v) is 13.0. The largest absolute Gasteiger partial charge is 0.504 e. The third-order valence-electron chi connectivity index (χ3n) is 10.4. The number of amides is 3. The highest BCUT2D eigenvalue weighted by atomic mass is 16.5. The molecule has 3 aromatic rings. The van der Waals surface area contributed by atoms with Gasteiger partial charge in [-0.3, -0.25) is 19.5 Å². The van der Waals surface area contributed by atoms with Crippen LogP contribution in [0.2, 0.25) is 0 Å². The lowest BCUT2D eigenvalue weighted by molar-refractivity contribution is -0.133. The number of fused-ring (bicyclic) bond motifs is 1. The van der Waals surface area contributed by atoms with Crippen LogP contribution in [0.15, 0.2) is 54.6 Å². The third kappa shape index (κ3) is 4.99. The van der Waals surface area contributed by atoms with Crippen LogP contribution in [0, 0.1) is 5.92 Å². The predicted octanol–water partition coefficient (Wildman–Crippen LogP) is 3.57. The molecule has 10 heteroatoms. The second-order valence-electron chi connectivity index (χ2n) is 13.0. The number of anilines is 1. The molecule has 3 unspecified atom stereocenters. The van der Waals surface area contributed by atoms with E-state index in [4.69, 9.17) is 9.47 Å². The minimum Gasteiger partial charge on any atom is -0.504 e. The molecule has 4 heterocycles. The first kappa shape index (κ1) is 29.8. The maximum Gasteiger partial charge on any atom is 0.328 e. The van der Waals surface area contributed by atoms with Gasteiger partial charge in [0.15, 0.2) is 11.5 Å². The summed E-state index contributed by atoms with van der Waals surface area (Å²) in [6, 6.07) is 17.9. The second kappa shape index (κ2) is 11.8. The van der Waals surface area contributed by atoms with Crippen molar-refractivity contribution in [1.82, 2.24) is 19.6 Å². The van der Waals surface area contributed by atoms with Crippen LogP contribution in [0.3, 0.4) is 0 Å². The SMILES string of the molecule is COc1ccc(CCN2CC3CC(c4ccc(N(C)C)c5ccccc45)N4C(=O)N(CCN5CCOCC5)C(=O)C34C2)cc1O. The molecular formula is C35H43N5O5. The van der Waals surface area contributed by atoms with Crippen molar-refractivity contribution in [2.24, 2.45) is 5.92 Å². The molecule has 4 fully saturated rings. The van der Waals surface area contributed by atoms with Crippen molar-refractivity contribution in [3.8, 4) is 11.5 Å². The van der Waals surface area contributed by atoms with E-state index in [0.717, 1.165) is 66.6 Å².